The Morgan fingerprint density at radius 2 is 1.90 bits per heavy atom. The third-order valence-electron chi connectivity index (χ3n) is 5.03. The highest BCUT2D eigenvalue weighted by atomic mass is 16.5. The fourth-order valence-electron chi connectivity index (χ4n) is 3.22. The predicted octanol–water partition coefficient (Wildman–Crippen LogP) is 4.22. The molecule has 1 heterocycles. The Hall–Kier alpha value is -3.28. The molecule has 2 aromatic carbocycles. The average Bonchev–Trinajstić information content (AvgIpc) is 3.16. The number of aromatic nitrogens is 2. The highest BCUT2D eigenvalue weighted by Gasteiger charge is 2.11. The Balaban J connectivity index is 1.60. The van der Waals surface area contributed by atoms with E-state index in [4.69, 9.17) is 9.47 Å². The second-order valence-corrected chi connectivity index (χ2v) is 7.39. The molecule has 6 heteroatoms. The molecule has 158 valence electrons. The van der Waals surface area contributed by atoms with E-state index in [-0.39, 0.29) is 5.91 Å². The SMILES string of the molecule is COc1ccc(C(=O)NCCCn2nccc2C)cc1COc1cc(C)ccc1C. The Kier molecular flexibility index (Phi) is 7.12. The summed E-state index contributed by atoms with van der Waals surface area (Å²) in [4.78, 5) is 12.6. The number of nitrogens with zero attached hydrogens (tertiary/aromatic N) is 2. The van der Waals surface area contributed by atoms with Crippen LogP contribution in [0.2, 0.25) is 0 Å². The minimum atomic E-state index is -0.108. The third-order valence-corrected chi connectivity index (χ3v) is 5.03. The first-order chi connectivity index (χ1) is 14.5. The van der Waals surface area contributed by atoms with Gasteiger partial charge in [0.15, 0.2) is 0 Å². The normalized spacial score (nSPS) is 10.7. The van der Waals surface area contributed by atoms with E-state index in [0.29, 0.717) is 24.5 Å². The summed E-state index contributed by atoms with van der Waals surface area (Å²) >= 11 is 0. The number of hydrogen-bond donors (Lipinski definition) is 1. The number of nitrogens with one attached hydrogen (secondary N) is 1. The maximum atomic E-state index is 12.6. The Labute approximate surface area is 177 Å². The largest absolute Gasteiger partial charge is 0.496 e. The zero-order valence-corrected chi connectivity index (χ0v) is 18.1. The van der Waals surface area contributed by atoms with Crippen LogP contribution in [0.4, 0.5) is 0 Å². The minimum absolute atomic E-state index is 0.108. The van der Waals surface area contributed by atoms with Crippen LogP contribution < -0.4 is 14.8 Å². The van der Waals surface area contributed by atoms with Crippen LogP contribution in [0.3, 0.4) is 0 Å². The molecule has 0 bridgehead atoms. The van der Waals surface area contributed by atoms with Crippen molar-refractivity contribution >= 4 is 5.91 Å². The van der Waals surface area contributed by atoms with Crippen LogP contribution in [0.1, 0.15) is 39.2 Å². The first-order valence-electron chi connectivity index (χ1n) is 10.1. The van der Waals surface area contributed by atoms with Crippen molar-refractivity contribution in [1.29, 1.82) is 0 Å². The summed E-state index contributed by atoms with van der Waals surface area (Å²) in [5.41, 5.74) is 4.75. The highest BCUT2D eigenvalue weighted by Crippen LogP contribution is 2.25. The number of carbonyl (C=O) groups is 1. The molecular weight excluding hydrogens is 378 g/mol. The third kappa shape index (κ3) is 5.41. The van der Waals surface area contributed by atoms with E-state index >= 15 is 0 Å². The van der Waals surface area contributed by atoms with Crippen molar-refractivity contribution in [3.05, 3.63) is 76.6 Å². The lowest BCUT2D eigenvalue weighted by Gasteiger charge is -2.14. The van der Waals surface area contributed by atoms with Crippen molar-refractivity contribution < 1.29 is 14.3 Å². The van der Waals surface area contributed by atoms with Gasteiger partial charge in [0.25, 0.3) is 5.91 Å². The average molecular weight is 408 g/mol. The van der Waals surface area contributed by atoms with Crippen molar-refractivity contribution in [2.75, 3.05) is 13.7 Å². The summed E-state index contributed by atoms with van der Waals surface area (Å²) < 4.78 is 13.4. The van der Waals surface area contributed by atoms with Crippen LogP contribution in [0.25, 0.3) is 0 Å². The molecule has 1 N–H and O–H groups in total. The molecule has 0 saturated carbocycles. The van der Waals surface area contributed by atoms with Gasteiger partial charge in [-0.05, 0) is 68.7 Å². The van der Waals surface area contributed by atoms with Crippen LogP contribution in [0.5, 0.6) is 11.5 Å². The second-order valence-electron chi connectivity index (χ2n) is 7.39. The van der Waals surface area contributed by atoms with Crippen molar-refractivity contribution in [3.63, 3.8) is 0 Å². The fraction of sp³-hybridized carbons (Fsp3) is 0.333. The molecule has 0 spiro atoms. The molecule has 0 aliphatic carbocycles. The van der Waals surface area contributed by atoms with E-state index < -0.39 is 0 Å². The van der Waals surface area contributed by atoms with E-state index in [1.165, 1.54) is 0 Å². The van der Waals surface area contributed by atoms with E-state index in [9.17, 15) is 4.79 Å². The van der Waals surface area contributed by atoms with Crippen molar-refractivity contribution in [3.8, 4) is 11.5 Å². The maximum Gasteiger partial charge on any atom is 0.251 e. The van der Waals surface area contributed by atoms with Crippen LogP contribution in [-0.4, -0.2) is 29.3 Å². The molecule has 0 aliphatic rings. The fourth-order valence-corrected chi connectivity index (χ4v) is 3.22. The molecule has 30 heavy (non-hydrogen) atoms. The lowest BCUT2D eigenvalue weighted by Crippen LogP contribution is -2.25. The molecule has 0 unspecified atom stereocenters. The van der Waals surface area contributed by atoms with Gasteiger partial charge in [-0.3, -0.25) is 9.48 Å². The van der Waals surface area contributed by atoms with Gasteiger partial charge in [0.05, 0.1) is 7.11 Å². The van der Waals surface area contributed by atoms with E-state index in [2.05, 4.69) is 16.5 Å². The van der Waals surface area contributed by atoms with Crippen LogP contribution in [-0.2, 0) is 13.2 Å². The topological polar surface area (TPSA) is 65.4 Å². The number of ether oxygens (including phenoxy) is 2. The molecule has 0 aliphatic heterocycles. The number of aryl methyl sites for hydroxylation is 4. The minimum Gasteiger partial charge on any atom is -0.496 e. The molecule has 6 nitrogen and oxygen atoms in total. The molecule has 1 aromatic heterocycles. The number of carbonyl (C=O) groups excluding carboxylic acids is 1. The number of amides is 1. The molecular formula is C24H29N3O3. The summed E-state index contributed by atoms with van der Waals surface area (Å²) in [6.45, 7) is 7.75. The van der Waals surface area contributed by atoms with Gasteiger partial charge in [0.1, 0.15) is 18.1 Å². The Morgan fingerprint density at radius 3 is 2.63 bits per heavy atom. The van der Waals surface area contributed by atoms with Gasteiger partial charge in [-0.1, -0.05) is 12.1 Å². The quantitative estimate of drug-likeness (QED) is 0.540. The highest BCUT2D eigenvalue weighted by molar-refractivity contribution is 5.94. The van der Waals surface area contributed by atoms with Gasteiger partial charge in [-0.25, -0.2) is 0 Å². The molecule has 0 fully saturated rings. The Morgan fingerprint density at radius 1 is 1.07 bits per heavy atom. The van der Waals surface area contributed by atoms with Gasteiger partial charge < -0.3 is 14.8 Å². The van der Waals surface area contributed by atoms with Crippen LogP contribution >= 0.6 is 0 Å². The zero-order chi connectivity index (χ0) is 21.5. The van der Waals surface area contributed by atoms with Gasteiger partial charge in [-0.2, -0.15) is 5.10 Å². The summed E-state index contributed by atoms with van der Waals surface area (Å²) in [5, 5.41) is 7.23. The molecule has 1 amide bonds. The van der Waals surface area contributed by atoms with E-state index in [1.54, 1.807) is 19.4 Å². The monoisotopic (exact) mass is 407 g/mol. The van der Waals surface area contributed by atoms with Crippen molar-refractivity contribution in [2.24, 2.45) is 0 Å². The van der Waals surface area contributed by atoms with Crippen molar-refractivity contribution in [1.82, 2.24) is 15.1 Å². The number of rotatable bonds is 9. The van der Waals surface area contributed by atoms with Gasteiger partial charge in [-0.15, -0.1) is 0 Å². The van der Waals surface area contributed by atoms with Gasteiger partial charge in [0, 0.05) is 36.1 Å². The van der Waals surface area contributed by atoms with E-state index in [1.807, 2.05) is 55.8 Å². The van der Waals surface area contributed by atoms with Gasteiger partial charge in [0.2, 0.25) is 0 Å². The van der Waals surface area contributed by atoms with Crippen LogP contribution in [0.15, 0.2) is 48.7 Å². The molecule has 0 radical (unpaired) electrons. The first-order valence-corrected chi connectivity index (χ1v) is 10.1. The first kappa shape index (κ1) is 21.4. The van der Waals surface area contributed by atoms with Crippen molar-refractivity contribution in [2.45, 2.75) is 40.3 Å². The van der Waals surface area contributed by atoms with Crippen LogP contribution in [0, 0.1) is 20.8 Å². The molecule has 3 rings (SSSR count). The predicted molar refractivity (Wildman–Crippen MR) is 117 cm³/mol. The number of hydrogen-bond acceptors (Lipinski definition) is 4. The summed E-state index contributed by atoms with van der Waals surface area (Å²) in [6, 6.07) is 13.5. The molecule has 3 aromatic rings. The van der Waals surface area contributed by atoms with E-state index in [0.717, 1.165) is 41.1 Å². The Bertz CT molecular complexity index is 1010. The molecule has 0 saturated heterocycles. The molecule has 0 atom stereocenters. The number of benzene rings is 2. The smallest absolute Gasteiger partial charge is 0.251 e. The van der Waals surface area contributed by atoms with Gasteiger partial charge >= 0.3 is 0 Å². The number of methoxy groups -OCH3 is 1. The summed E-state index contributed by atoms with van der Waals surface area (Å²) in [6.07, 6.45) is 2.60. The lowest BCUT2D eigenvalue weighted by molar-refractivity contribution is 0.0952. The maximum absolute atomic E-state index is 12.6. The second kappa shape index (κ2) is 9.96. The zero-order valence-electron chi connectivity index (χ0n) is 18.1. The lowest BCUT2D eigenvalue weighted by atomic mass is 10.1. The summed E-state index contributed by atoms with van der Waals surface area (Å²) in [7, 11) is 1.62. The standard InChI is InChI=1S/C24H29N3O3/c1-17-6-7-18(2)23(14-17)30-16-21-15-20(8-9-22(21)29-4)24(28)25-11-5-13-27-19(3)10-12-26-27/h6-10,12,14-15H,5,11,13,16H2,1-4H3,(H,25,28). The summed E-state index contributed by atoms with van der Waals surface area (Å²) in [5.74, 6) is 1.43.